The van der Waals surface area contributed by atoms with E-state index in [9.17, 15) is 9.59 Å². The van der Waals surface area contributed by atoms with Crippen molar-refractivity contribution < 1.29 is 19.1 Å². The maximum atomic E-state index is 12.5. The van der Waals surface area contributed by atoms with Crippen molar-refractivity contribution in [1.82, 2.24) is 0 Å². The second kappa shape index (κ2) is 6.31. The van der Waals surface area contributed by atoms with E-state index in [-0.39, 0.29) is 11.5 Å². The van der Waals surface area contributed by atoms with E-state index in [1.165, 1.54) is 22.7 Å². The van der Waals surface area contributed by atoms with Crippen LogP contribution in [0.4, 0.5) is 0 Å². The van der Waals surface area contributed by atoms with Crippen molar-refractivity contribution >= 4 is 40.5 Å². The predicted octanol–water partition coefficient (Wildman–Crippen LogP) is 4.95. The molecule has 0 aliphatic carbocycles. The zero-order valence-corrected chi connectivity index (χ0v) is 14.8. The van der Waals surface area contributed by atoms with Gasteiger partial charge in [0.2, 0.25) is 5.78 Å². The Hall–Kier alpha value is -2.70. The molecule has 1 aromatic carbocycles. The molecule has 0 amide bonds. The van der Waals surface area contributed by atoms with Crippen molar-refractivity contribution in [2.45, 2.75) is 6.92 Å². The molecule has 4 rings (SSSR count). The van der Waals surface area contributed by atoms with Gasteiger partial charge in [-0.25, -0.2) is 4.79 Å². The quantitative estimate of drug-likeness (QED) is 0.373. The first-order chi connectivity index (χ1) is 12.1. The Morgan fingerprint density at radius 2 is 1.92 bits per heavy atom. The molecule has 0 spiro atoms. The van der Waals surface area contributed by atoms with Gasteiger partial charge in [-0.1, -0.05) is 12.1 Å². The third kappa shape index (κ3) is 2.90. The summed E-state index contributed by atoms with van der Waals surface area (Å²) in [7, 11) is 0. The van der Waals surface area contributed by atoms with Gasteiger partial charge in [0.15, 0.2) is 5.76 Å². The normalized spacial score (nSPS) is 14.4. The Kier molecular flexibility index (Phi) is 3.99. The molecular formula is C19H12O4S2. The number of thiophene rings is 2. The zero-order chi connectivity index (χ0) is 17.4. The summed E-state index contributed by atoms with van der Waals surface area (Å²) in [5, 5.41) is 3.75. The van der Waals surface area contributed by atoms with E-state index in [4.69, 9.17) is 9.47 Å². The standard InChI is InChI=1S/C19H12O4S2/c1-11-14(23-19(21)16-5-3-9-25-16)7-6-13-17(20)15(22-18(11)13)10-12-4-2-8-24-12/h2-10H,1H3/b15-10-. The van der Waals surface area contributed by atoms with Crippen molar-refractivity contribution in [2.75, 3.05) is 0 Å². The number of hydrogen-bond donors (Lipinski definition) is 0. The Morgan fingerprint density at radius 1 is 1.12 bits per heavy atom. The first-order valence-corrected chi connectivity index (χ1v) is 9.26. The molecule has 0 fully saturated rings. The van der Waals surface area contributed by atoms with Gasteiger partial charge in [0.25, 0.3) is 0 Å². The van der Waals surface area contributed by atoms with Crippen LogP contribution in [0.5, 0.6) is 11.5 Å². The van der Waals surface area contributed by atoms with E-state index in [1.807, 2.05) is 22.9 Å². The lowest BCUT2D eigenvalue weighted by molar-refractivity contribution is 0.0738. The number of carbonyl (C=O) groups excluding carboxylic acids is 2. The summed E-state index contributed by atoms with van der Waals surface area (Å²) in [4.78, 5) is 26.1. The fourth-order valence-electron chi connectivity index (χ4n) is 2.53. The Labute approximate surface area is 152 Å². The van der Waals surface area contributed by atoms with E-state index in [0.717, 1.165) is 4.88 Å². The molecule has 0 unspecified atom stereocenters. The van der Waals surface area contributed by atoms with Crippen molar-refractivity contribution in [2.24, 2.45) is 0 Å². The lowest BCUT2D eigenvalue weighted by Gasteiger charge is -2.09. The first kappa shape index (κ1) is 15.8. The van der Waals surface area contributed by atoms with E-state index in [1.54, 1.807) is 37.3 Å². The van der Waals surface area contributed by atoms with Crippen molar-refractivity contribution in [3.8, 4) is 11.5 Å². The summed E-state index contributed by atoms with van der Waals surface area (Å²) in [5.74, 6) is 0.535. The third-order valence-corrected chi connectivity index (χ3v) is 5.45. The zero-order valence-electron chi connectivity index (χ0n) is 13.1. The molecule has 6 heteroatoms. The maximum Gasteiger partial charge on any atom is 0.353 e. The number of hydrogen-bond acceptors (Lipinski definition) is 6. The van der Waals surface area contributed by atoms with Crippen molar-refractivity contribution in [1.29, 1.82) is 0 Å². The van der Waals surface area contributed by atoms with Gasteiger partial charge in [-0.3, -0.25) is 4.79 Å². The number of benzene rings is 1. The van der Waals surface area contributed by atoms with E-state index >= 15 is 0 Å². The molecule has 4 nitrogen and oxygen atoms in total. The number of Topliss-reactive ketones (excluding diaryl/α,β-unsaturated/α-hetero) is 1. The van der Waals surface area contributed by atoms with Crippen LogP contribution in [0.25, 0.3) is 6.08 Å². The van der Waals surface area contributed by atoms with Crippen molar-refractivity contribution in [3.63, 3.8) is 0 Å². The lowest BCUT2D eigenvalue weighted by atomic mass is 10.1. The van der Waals surface area contributed by atoms with Crippen LogP contribution in [0.1, 0.15) is 30.5 Å². The van der Waals surface area contributed by atoms with Gasteiger partial charge in [-0.15, -0.1) is 22.7 Å². The molecule has 0 radical (unpaired) electrons. The van der Waals surface area contributed by atoms with Crippen LogP contribution in [-0.4, -0.2) is 11.8 Å². The molecule has 0 saturated heterocycles. The smallest absolute Gasteiger partial charge is 0.353 e. The summed E-state index contributed by atoms with van der Waals surface area (Å²) in [5.41, 5.74) is 1.11. The third-order valence-electron chi connectivity index (χ3n) is 3.78. The molecule has 3 heterocycles. The Bertz CT molecular complexity index is 983. The first-order valence-electron chi connectivity index (χ1n) is 7.50. The number of rotatable bonds is 3. The summed E-state index contributed by atoms with van der Waals surface area (Å²) < 4.78 is 11.2. The van der Waals surface area contributed by atoms with E-state index < -0.39 is 5.97 Å². The van der Waals surface area contributed by atoms with Gasteiger partial charge >= 0.3 is 5.97 Å². The minimum atomic E-state index is -0.420. The van der Waals surface area contributed by atoms with Crippen molar-refractivity contribution in [3.05, 3.63) is 73.8 Å². The Balaban J connectivity index is 1.64. The number of fused-ring (bicyclic) bond motifs is 1. The summed E-state index contributed by atoms with van der Waals surface area (Å²) in [6.45, 7) is 1.78. The maximum absolute atomic E-state index is 12.5. The van der Waals surface area contributed by atoms with Crippen LogP contribution < -0.4 is 9.47 Å². The van der Waals surface area contributed by atoms with Crippen LogP contribution in [0, 0.1) is 6.92 Å². The van der Waals surface area contributed by atoms with Crippen LogP contribution in [0.2, 0.25) is 0 Å². The molecule has 0 bridgehead atoms. The minimum Gasteiger partial charge on any atom is -0.452 e. The van der Waals surface area contributed by atoms with E-state index in [0.29, 0.717) is 27.5 Å². The van der Waals surface area contributed by atoms with Gasteiger partial charge in [0.05, 0.1) is 5.56 Å². The van der Waals surface area contributed by atoms with Gasteiger partial charge in [0, 0.05) is 16.5 Å². The van der Waals surface area contributed by atoms with Crippen LogP contribution >= 0.6 is 22.7 Å². The van der Waals surface area contributed by atoms with Crippen LogP contribution in [0.3, 0.4) is 0 Å². The molecule has 0 saturated carbocycles. The highest BCUT2D eigenvalue weighted by Gasteiger charge is 2.30. The largest absolute Gasteiger partial charge is 0.452 e. The minimum absolute atomic E-state index is 0.164. The van der Waals surface area contributed by atoms with Gasteiger partial charge in [-0.2, -0.15) is 0 Å². The molecule has 1 aliphatic rings. The number of allylic oxidation sites excluding steroid dienone is 1. The number of ketones is 1. The monoisotopic (exact) mass is 368 g/mol. The summed E-state index contributed by atoms with van der Waals surface area (Å²) >= 11 is 2.84. The molecule has 3 aromatic rings. The topological polar surface area (TPSA) is 52.6 Å². The number of esters is 1. The highest BCUT2D eigenvalue weighted by Crippen LogP contribution is 2.39. The second-order valence-electron chi connectivity index (χ2n) is 5.39. The second-order valence-corrected chi connectivity index (χ2v) is 7.31. The average molecular weight is 368 g/mol. The van der Waals surface area contributed by atoms with Gasteiger partial charge in [0.1, 0.15) is 16.4 Å². The van der Waals surface area contributed by atoms with E-state index in [2.05, 4.69) is 0 Å². The molecule has 0 N–H and O–H groups in total. The molecular weight excluding hydrogens is 356 g/mol. The summed E-state index contributed by atoms with van der Waals surface area (Å²) in [6, 6.07) is 10.6. The fraction of sp³-hybridized carbons (Fsp3) is 0.0526. The average Bonchev–Trinajstić information content (AvgIpc) is 3.34. The summed E-state index contributed by atoms with van der Waals surface area (Å²) in [6.07, 6.45) is 1.73. The van der Waals surface area contributed by atoms with Gasteiger partial charge in [-0.05, 0) is 41.9 Å². The Morgan fingerprint density at radius 3 is 2.64 bits per heavy atom. The molecule has 1 aliphatic heterocycles. The molecule has 0 atom stereocenters. The molecule has 25 heavy (non-hydrogen) atoms. The highest BCUT2D eigenvalue weighted by atomic mass is 32.1. The SMILES string of the molecule is Cc1c(OC(=O)c2cccs2)ccc2c1O/C(=C\c1cccs1)C2=O. The number of carbonyl (C=O) groups is 2. The van der Waals surface area contributed by atoms with Crippen LogP contribution in [0.15, 0.2) is 52.9 Å². The molecule has 2 aromatic heterocycles. The fourth-order valence-corrected chi connectivity index (χ4v) is 3.77. The highest BCUT2D eigenvalue weighted by molar-refractivity contribution is 7.12. The predicted molar refractivity (Wildman–Crippen MR) is 97.7 cm³/mol. The lowest BCUT2D eigenvalue weighted by Crippen LogP contribution is -2.07. The number of ether oxygens (including phenoxy) is 2. The van der Waals surface area contributed by atoms with Crippen LogP contribution in [-0.2, 0) is 0 Å². The molecule has 124 valence electrons. The van der Waals surface area contributed by atoms with Gasteiger partial charge < -0.3 is 9.47 Å².